The number of esters is 1. The second-order valence-electron chi connectivity index (χ2n) is 4.28. The van der Waals surface area contributed by atoms with Crippen LogP contribution in [0.2, 0.25) is 0 Å². The number of nitrogens with one attached hydrogen (secondary N) is 2. The molecule has 0 aliphatic heterocycles. The Morgan fingerprint density at radius 2 is 2.10 bits per heavy atom. The zero-order valence-electron chi connectivity index (χ0n) is 11.3. The second-order valence-corrected chi connectivity index (χ2v) is 4.28. The van der Waals surface area contributed by atoms with Crippen LogP contribution in [0.5, 0.6) is 0 Å². The zero-order chi connectivity index (χ0) is 14.7. The van der Waals surface area contributed by atoms with Crippen LogP contribution in [0.3, 0.4) is 0 Å². The Kier molecular flexibility index (Phi) is 3.46. The van der Waals surface area contributed by atoms with E-state index in [1.54, 1.807) is 37.4 Å². The molecule has 0 saturated heterocycles. The number of nitrogens with zero attached hydrogens (tertiary/aromatic N) is 3. The van der Waals surface area contributed by atoms with Crippen LogP contribution < -0.4 is 5.32 Å². The number of benzene rings is 1. The predicted octanol–water partition coefficient (Wildman–Crippen LogP) is 2.27. The topological polar surface area (TPSA) is 92.8 Å². The van der Waals surface area contributed by atoms with E-state index in [-0.39, 0.29) is 5.97 Å². The molecular formula is C14H13N5O2. The molecule has 106 valence electrons. The van der Waals surface area contributed by atoms with E-state index in [0.717, 1.165) is 11.1 Å². The van der Waals surface area contributed by atoms with Crippen molar-refractivity contribution in [3.8, 4) is 0 Å². The van der Waals surface area contributed by atoms with Gasteiger partial charge in [-0.3, -0.25) is 5.10 Å². The zero-order valence-corrected chi connectivity index (χ0v) is 11.3. The number of carbonyl (C=O) groups excluding carboxylic acids is 1. The number of ether oxygens (including phenoxy) is 1. The summed E-state index contributed by atoms with van der Waals surface area (Å²) in [4.78, 5) is 19.8. The van der Waals surface area contributed by atoms with Crippen molar-refractivity contribution in [2.45, 2.75) is 6.92 Å². The number of hydrogen-bond donors (Lipinski definition) is 2. The first kappa shape index (κ1) is 13.0. The van der Waals surface area contributed by atoms with Gasteiger partial charge in [0.05, 0.1) is 23.8 Å². The molecule has 3 rings (SSSR count). The normalized spacial score (nSPS) is 10.5. The highest BCUT2D eigenvalue weighted by Gasteiger charge is 2.08. The SMILES string of the molecule is CCOC(=O)c1ccc(Nc2ncnc3[nH]ncc23)cc1. The lowest BCUT2D eigenvalue weighted by Gasteiger charge is -2.07. The van der Waals surface area contributed by atoms with Gasteiger partial charge < -0.3 is 10.1 Å². The van der Waals surface area contributed by atoms with E-state index in [9.17, 15) is 4.79 Å². The highest BCUT2D eigenvalue weighted by molar-refractivity contribution is 5.91. The highest BCUT2D eigenvalue weighted by atomic mass is 16.5. The third-order valence-electron chi connectivity index (χ3n) is 2.91. The molecule has 2 N–H and O–H groups in total. The molecule has 1 aromatic carbocycles. The minimum Gasteiger partial charge on any atom is -0.462 e. The molecule has 0 unspecified atom stereocenters. The molecule has 0 bridgehead atoms. The molecule has 3 aromatic rings. The van der Waals surface area contributed by atoms with Crippen LogP contribution in [0.4, 0.5) is 11.5 Å². The van der Waals surface area contributed by atoms with Crippen molar-refractivity contribution in [3.05, 3.63) is 42.4 Å². The van der Waals surface area contributed by atoms with E-state index in [4.69, 9.17) is 4.74 Å². The average molecular weight is 283 g/mol. The minimum absolute atomic E-state index is 0.330. The summed E-state index contributed by atoms with van der Waals surface area (Å²) in [6, 6.07) is 6.99. The van der Waals surface area contributed by atoms with Crippen molar-refractivity contribution in [1.82, 2.24) is 20.2 Å². The fourth-order valence-corrected chi connectivity index (χ4v) is 1.91. The van der Waals surface area contributed by atoms with Crippen molar-refractivity contribution < 1.29 is 9.53 Å². The van der Waals surface area contributed by atoms with E-state index in [1.807, 2.05) is 0 Å². The van der Waals surface area contributed by atoms with Gasteiger partial charge in [0.25, 0.3) is 0 Å². The first-order valence-electron chi connectivity index (χ1n) is 6.46. The number of hydrogen-bond acceptors (Lipinski definition) is 6. The summed E-state index contributed by atoms with van der Waals surface area (Å²) in [6.45, 7) is 2.14. The Balaban J connectivity index is 1.82. The predicted molar refractivity (Wildman–Crippen MR) is 77.4 cm³/mol. The summed E-state index contributed by atoms with van der Waals surface area (Å²) in [7, 11) is 0. The lowest BCUT2D eigenvalue weighted by atomic mass is 10.2. The standard InChI is InChI=1S/C14H13N5O2/c1-2-21-14(20)9-3-5-10(6-4-9)18-12-11-7-17-19-13(11)16-8-15-12/h3-8H,2H2,1H3,(H2,15,16,17,18,19). The molecule has 21 heavy (non-hydrogen) atoms. The van der Waals surface area contributed by atoms with Gasteiger partial charge >= 0.3 is 5.97 Å². The molecule has 0 amide bonds. The van der Waals surface area contributed by atoms with Crippen molar-refractivity contribution in [1.29, 1.82) is 0 Å². The maximum absolute atomic E-state index is 11.6. The molecule has 2 aromatic heterocycles. The molecule has 2 heterocycles. The summed E-state index contributed by atoms with van der Waals surface area (Å²) in [6.07, 6.45) is 3.11. The van der Waals surface area contributed by atoms with E-state index in [2.05, 4.69) is 25.5 Å². The van der Waals surface area contributed by atoms with Gasteiger partial charge in [-0.15, -0.1) is 0 Å². The van der Waals surface area contributed by atoms with Gasteiger partial charge in [0.2, 0.25) is 0 Å². The molecule has 0 saturated carbocycles. The number of anilines is 2. The number of rotatable bonds is 4. The monoisotopic (exact) mass is 283 g/mol. The van der Waals surface area contributed by atoms with Crippen LogP contribution >= 0.6 is 0 Å². The van der Waals surface area contributed by atoms with Gasteiger partial charge in [-0.25, -0.2) is 14.8 Å². The number of fused-ring (bicyclic) bond motifs is 1. The van der Waals surface area contributed by atoms with Crippen molar-refractivity contribution in [2.75, 3.05) is 11.9 Å². The van der Waals surface area contributed by atoms with E-state index >= 15 is 0 Å². The van der Waals surface area contributed by atoms with E-state index in [0.29, 0.717) is 23.6 Å². The molecule has 0 aliphatic carbocycles. The lowest BCUT2D eigenvalue weighted by molar-refractivity contribution is 0.0526. The largest absolute Gasteiger partial charge is 0.462 e. The quantitative estimate of drug-likeness (QED) is 0.713. The number of aromatic amines is 1. The Morgan fingerprint density at radius 1 is 1.29 bits per heavy atom. The highest BCUT2D eigenvalue weighted by Crippen LogP contribution is 2.21. The van der Waals surface area contributed by atoms with Crippen LogP contribution in [-0.4, -0.2) is 32.7 Å². The summed E-state index contributed by atoms with van der Waals surface area (Å²) in [5.74, 6) is 0.320. The van der Waals surface area contributed by atoms with Crippen LogP contribution in [-0.2, 0) is 4.74 Å². The Hall–Kier alpha value is -2.96. The first-order valence-corrected chi connectivity index (χ1v) is 6.46. The Labute approximate surface area is 120 Å². The molecule has 0 fully saturated rings. The number of carbonyl (C=O) groups is 1. The lowest BCUT2D eigenvalue weighted by Crippen LogP contribution is -2.04. The molecule has 0 spiro atoms. The van der Waals surface area contributed by atoms with Crippen LogP contribution in [0, 0.1) is 0 Å². The van der Waals surface area contributed by atoms with Crippen molar-refractivity contribution >= 4 is 28.5 Å². The van der Waals surface area contributed by atoms with Gasteiger partial charge in [0.1, 0.15) is 12.1 Å². The fourth-order valence-electron chi connectivity index (χ4n) is 1.91. The molecule has 7 heteroatoms. The summed E-state index contributed by atoms with van der Waals surface area (Å²) in [5.41, 5.74) is 1.98. The number of aromatic nitrogens is 4. The summed E-state index contributed by atoms with van der Waals surface area (Å²) < 4.78 is 4.94. The third-order valence-corrected chi connectivity index (χ3v) is 2.91. The van der Waals surface area contributed by atoms with Crippen LogP contribution in [0.15, 0.2) is 36.8 Å². The van der Waals surface area contributed by atoms with E-state index in [1.165, 1.54) is 6.33 Å². The first-order chi connectivity index (χ1) is 10.3. The van der Waals surface area contributed by atoms with Crippen LogP contribution in [0.25, 0.3) is 11.0 Å². The van der Waals surface area contributed by atoms with Gasteiger partial charge in [-0.05, 0) is 31.2 Å². The van der Waals surface area contributed by atoms with Crippen molar-refractivity contribution in [3.63, 3.8) is 0 Å². The molecule has 0 atom stereocenters. The van der Waals surface area contributed by atoms with Gasteiger partial charge in [-0.2, -0.15) is 5.10 Å². The van der Waals surface area contributed by atoms with E-state index < -0.39 is 0 Å². The Morgan fingerprint density at radius 3 is 2.86 bits per heavy atom. The second kappa shape index (κ2) is 5.58. The molecule has 0 aliphatic rings. The Bertz CT molecular complexity index is 766. The van der Waals surface area contributed by atoms with Crippen molar-refractivity contribution in [2.24, 2.45) is 0 Å². The third kappa shape index (κ3) is 2.66. The number of H-pyrrole nitrogens is 1. The maximum Gasteiger partial charge on any atom is 0.338 e. The summed E-state index contributed by atoms with van der Waals surface area (Å²) >= 11 is 0. The molecule has 7 nitrogen and oxygen atoms in total. The molecule has 0 radical (unpaired) electrons. The maximum atomic E-state index is 11.6. The van der Waals surface area contributed by atoms with Crippen LogP contribution in [0.1, 0.15) is 17.3 Å². The molecular weight excluding hydrogens is 270 g/mol. The van der Waals surface area contributed by atoms with Gasteiger partial charge in [-0.1, -0.05) is 0 Å². The minimum atomic E-state index is -0.330. The fraction of sp³-hybridized carbons (Fsp3) is 0.143. The smallest absolute Gasteiger partial charge is 0.338 e. The van der Waals surface area contributed by atoms with Gasteiger partial charge in [0, 0.05) is 5.69 Å². The average Bonchev–Trinajstić information content (AvgIpc) is 2.98. The van der Waals surface area contributed by atoms with Gasteiger partial charge in [0.15, 0.2) is 5.65 Å². The summed E-state index contributed by atoms with van der Waals surface area (Å²) in [5, 5.41) is 10.7.